The second-order valence-electron chi connectivity index (χ2n) is 7.89. The second-order valence-corrected chi connectivity index (χ2v) is 8.80. The Hall–Kier alpha value is -2.18. The number of aryl methyl sites for hydroxylation is 1. The number of carbonyl (C=O) groups is 2. The van der Waals surface area contributed by atoms with Crippen LogP contribution >= 0.6 is 11.3 Å². The lowest BCUT2D eigenvalue weighted by molar-refractivity contribution is -0.116. The Morgan fingerprint density at radius 2 is 2.14 bits per heavy atom. The van der Waals surface area contributed by atoms with Crippen LogP contribution < -0.4 is 10.1 Å². The number of rotatable bonds is 8. The zero-order valence-corrected chi connectivity index (χ0v) is 18.3. The van der Waals surface area contributed by atoms with Crippen LogP contribution in [0.4, 0.5) is 5.69 Å². The van der Waals surface area contributed by atoms with E-state index in [1.165, 1.54) is 23.3 Å². The Balaban J connectivity index is 1.46. The van der Waals surface area contributed by atoms with Crippen molar-refractivity contribution in [2.45, 2.75) is 46.1 Å². The molecule has 3 rings (SSSR count). The fourth-order valence-electron chi connectivity index (χ4n) is 3.88. The Bertz CT molecular complexity index is 862. The number of anilines is 1. The molecule has 6 heteroatoms. The number of benzene rings is 1. The fourth-order valence-corrected chi connectivity index (χ4v) is 4.69. The molecule has 0 spiro atoms. The van der Waals surface area contributed by atoms with Gasteiger partial charge >= 0.3 is 0 Å². The topological polar surface area (TPSA) is 58.6 Å². The number of methoxy groups -OCH3 is 1. The number of thiophene rings is 1. The third kappa shape index (κ3) is 6.15. The van der Waals surface area contributed by atoms with Gasteiger partial charge in [-0.1, -0.05) is 0 Å². The van der Waals surface area contributed by atoms with Crippen molar-refractivity contribution in [3.63, 3.8) is 0 Å². The number of piperidine rings is 1. The number of ketones is 1. The molecule has 1 unspecified atom stereocenters. The van der Waals surface area contributed by atoms with Crippen molar-refractivity contribution in [3.05, 3.63) is 45.6 Å². The number of amides is 1. The summed E-state index contributed by atoms with van der Waals surface area (Å²) < 4.78 is 5.21. The van der Waals surface area contributed by atoms with Crippen molar-refractivity contribution in [1.82, 2.24) is 4.90 Å². The van der Waals surface area contributed by atoms with Gasteiger partial charge < -0.3 is 10.1 Å². The molecule has 0 radical (unpaired) electrons. The van der Waals surface area contributed by atoms with E-state index < -0.39 is 0 Å². The lowest BCUT2D eigenvalue weighted by atomic mass is 9.93. The molecule has 1 aliphatic heterocycles. The molecular formula is C23H30N2O3S. The van der Waals surface area contributed by atoms with Gasteiger partial charge in [-0.05, 0) is 86.3 Å². The van der Waals surface area contributed by atoms with Crippen LogP contribution in [0.3, 0.4) is 0 Å². The summed E-state index contributed by atoms with van der Waals surface area (Å²) in [6.07, 6.45) is 3.78. The summed E-state index contributed by atoms with van der Waals surface area (Å²) in [4.78, 5) is 27.2. The van der Waals surface area contributed by atoms with Crippen LogP contribution in [0.5, 0.6) is 5.75 Å². The summed E-state index contributed by atoms with van der Waals surface area (Å²) in [5, 5.41) is 5.12. The third-order valence-electron chi connectivity index (χ3n) is 5.50. The van der Waals surface area contributed by atoms with E-state index in [9.17, 15) is 9.59 Å². The number of nitrogens with zero attached hydrogens (tertiary/aromatic N) is 1. The molecule has 2 aromatic rings. The first-order valence-corrected chi connectivity index (χ1v) is 11.1. The van der Waals surface area contributed by atoms with E-state index in [1.54, 1.807) is 14.0 Å². The van der Waals surface area contributed by atoms with Crippen LogP contribution in [-0.2, 0) is 11.3 Å². The lowest BCUT2D eigenvalue weighted by Crippen LogP contribution is -2.35. The first-order valence-electron chi connectivity index (χ1n) is 10.2. The van der Waals surface area contributed by atoms with Crippen molar-refractivity contribution in [1.29, 1.82) is 0 Å². The highest BCUT2D eigenvalue weighted by Gasteiger charge is 2.21. The van der Waals surface area contributed by atoms with Gasteiger partial charge in [0.25, 0.3) is 0 Å². The van der Waals surface area contributed by atoms with Crippen molar-refractivity contribution >= 4 is 28.7 Å². The van der Waals surface area contributed by atoms with Crippen molar-refractivity contribution in [3.8, 4) is 5.75 Å². The molecule has 1 aliphatic rings. The van der Waals surface area contributed by atoms with Gasteiger partial charge in [-0.25, -0.2) is 0 Å². The largest absolute Gasteiger partial charge is 0.497 e. The summed E-state index contributed by atoms with van der Waals surface area (Å²) in [5.41, 5.74) is 3.07. The van der Waals surface area contributed by atoms with Gasteiger partial charge in [-0.2, -0.15) is 0 Å². The first kappa shape index (κ1) is 21.5. The predicted octanol–water partition coefficient (Wildman–Crippen LogP) is 4.90. The lowest BCUT2D eigenvalue weighted by Gasteiger charge is -2.32. The Morgan fingerprint density at radius 3 is 2.83 bits per heavy atom. The van der Waals surface area contributed by atoms with Gasteiger partial charge in [0.1, 0.15) is 5.75 Å². The van der Waals surface area contributed by atoms with E-state index in [2.05, 4.69) is 15.6 Å². The third-order valence-corrected chi connectivity index (χ3v) is 6.58. The Morgan fingerprint density at radius 1 is 1.31 bits per heavy atom. The van der Waals surface area contributed by atoms with Crippen molar-refractivity contribution < 1.29 is 14.3 Å². The minimum atomic E-state index is 0.0688. The maximum absolute atomic E-state index is 12.4. The highest BCUT2D eigenvalue weighted by Crippen LogP contribution is 2.25. The molecule has 1 saturated heterocycles. The molecule has 5 nitrogen and oxygen atoms in total. The molecule has 29 heavy (non-hydrogen) atoms. The zero-order chi connectivity index (χ0) is 20.8. The molecule has 1 aromatic carbocycles. The Kier molecular flexibility index (Phi) is 7.45. The van der Waals surface area contributed by atoms with E-state index in [4.69, 9.17) is 4.74 Å². The normalized spacial score (nSPS) is 17.1. The molecule has 1 fully saturated rings. The first-order chi connectivity index (χ1) is 13.9. The standard InChI is InChI=1S/C23H30N2O3S/c1-16-11-20(28-3)7-8-21(16)24-23(27)9-6-18-5-4-10-25(13-18)14-19-12-22(17(2)26)29-15-19/h7-8,11-12,15,18H,4-6,9-10,13-14H2,1-3H3,(H,24,27). The molecule has 2 heterocycles. The number of likely N-dealkylation sites (tertiary alicyclic amines) is 1. The van der Waals surface area contributed by atoms with Crippen LogP contribution in [-0.4, -0.2) is 36.8 Å². The zero-order valence-electron chi connectivity index (χ0n) is 17.5. The van der Waals surface area contributed by atoms with Crippen molar-refractivity contribution in [2.75, 3.05) is 25.5 Å². The van der Waals surface area contributed by atoms with E-state index in [-0.39, 0.29) is 11.7 Å². The smallest absolute Gasteiger partial charge is 0.224 e. The SMILES string of the molecule is COc1ccc(NC(=O)CCC2CCCN(Cc3csc(C(C)=O)c3)C2)c(C)c1. The fraction of sp³-hybridized carbons (Fsp3) is 0.478. The van der Waals surface area contributed by atoms with E-state index >= 15 is 0 Å². The molecule has 1 N–H and O–H groups in total. The second kappa shape index (κ2) is 10.0. The highest BCUT2D eigenvalue weighted by molar-refractivity contribution is 7.12. The summed E-state index contributed by atoms with van der Waals surface area (Å²) in [6.45, 7) is 6.57. The van der Waals surface area contributed by atoms with Crippen molar-refractivity contribution in [2.24, 2.45) is 5.92 Å². The molecule has 1 atom stereocenters. The van der Waals surface area contributed by atoms with Gasteiger partial charge in [0, 0.05) is 25.2 Å². The highest BCUT2D eigenvalue weighted by atomic mass is 32.1. The summed E-state index contributed by atoms with van der Waals surface area (Å²) >= 11 is 1.53. The molecule has 0 aliphatic carbocycles. The van der Waals surface area contributed by atoms with Gasteiger partial charge in [0.05, 0.1) is 12.0 Å². The van der Waals surface area contributed by atoms with E-state index in [1.807, 2.05) is 31.2 Å². The van der Waals surface area contributed by atoms with Crippen LogP contribution in [0.15, 0.2) is 29.6 Å². The Labute approximate surface area is 177 Å². The average molecular weight is 415 g/mol. The summed E-state index contributed by atoms with van der Waals surface area (Å²) in [7, 11) is 1.64. The van der Waals surface area contributed by atoms with E-state index in [0.29, 0.717) is 12.3 Å². The van der Waals surface area contributed by atoms with Gasteiger partial charge in [0.15, 0.2) is 5.78 Å². The number of hydrogen-bond acceptors (Lipinski definition) is 5. The molecule has 0 saturated carbocycles. The monoisotopic (exact) mass is 414 g/mol. The van der Waals surface area contributed by atoms with Gasteiger partial charge in [-0.3, -0.25) is 14.5 Å². The number of hydrogen-bond donors (Lipinski definition) is 1. The number of carbonyl (C=O) groups excluding carboxylic acids is 2. The molecular weight excluding hydrogens is 384 g/mol. The van der Waals surface area contributed by atoms with Gasteiger partial charge in [-0.15, -0.1) is 11.3 Å². The van der Waals surface area contributed by atoms with Crippen LogP contribution in [0.2, 0.25) is 0 Å². The molecule has 156 valence electrons. The molecule has 1 aromatic heterocycles. The number of ether oxygens (including phenoxy) is 1. The summed E-state index contributed by atoms with van der Waals surface area (Å²) in [6, 6.07) is 7.70. The maximum atomic E-state index is 12.4. The maximum Gasteiger partial charge on any atom is 0.224 e. The minimum Gasteiger partial charge on any atom is -0.497 e. The molecule has 1 amide bonds. The predicted molar refractivity (Wildman–Crippen MR) is 118 cm³/mol. The van der Waals surface area contributed by atoms with E-state index in [0.717, 1.165) is 54.4 Å². The van der Waals surface area contributed by atoms with Crippen LogP contribution in [0.1, 0.15) is 53.4 Å². The summed E-state index contributed by atoms with van der Waals surface area (Å²) in [5.74, 6) is 1.54. The average Bonchev–Trinajstić information content (AvgIpc) is 3.17. The minimum absolute atomic E-state index is 0.0688. The number of nitrogens with one attached hydrogen (secondary N) is 1. The van der Waals surface area contributed by atoms with Crippen LogP contribution in [0.25, 0.3) is 0 Å². The number of Topliss-reactive ketones (excluding diaryl/α,β-unsaturated/α-hetero) is 1. The van der Waals surface area contributed by atoms with Crippen LogP contribution in [0, 0.1) is 12.8 Å². The molecule has 0 bridgehead atoms. The quantitative estimate of drug-likeness (QED) is 0.624. The van der Waals surface area contributed by atoms with Gasteiger partial charge in [0.2, 0.25) is 5.91 Å².